The van der Waals surface area contributed by atoms with Crippen LogP contribution < -0.4 is 0 Å². The molecular weight excluding hydrogens is 160 g/mol. The third-order valence-electron chi connectivity index (χ3n) is 0.963. The molecule has 12 heavy (non-hydrogen) atoms. The van der Waals surface area contributed by atoms with E-state index in [0.29, 0.717) is 0 Å². The van der Waals surface area contributed by atoms with Crippen LogP contribution in [0.5, 0.6) is 0 Å². The fourth-order valence-electron chi connectivity index (χ4n) is 0.568. The van der Waals surface area contributed by atoms with Gasteiger partial charge in [-0.1, -0.05) is 0 Å². The number of isocyanates is 2. The molecule has 58 valence electrons. The van der Waals surface area contributed by atoms with Gasteiger partial charge in [0.15, 0.2) is 0 Å². The summed E-state index contributed by atoms with van der Waals surface area (Å²) >= 11 is 0. The first-order valence-electron chi connectivity index (χ1n) is 2.85. The van der Waals surface area contributed by atoms with Crippen LogP contribution in [-0.2, 0) is 9.59 Å². The average Bonchev–Trinajstić information content (AvgIpc) is 2.09. The van der Waals surface area contributed by atoms with Crippen LogP contribution >= 0.6 is 0 Å². The number of rotatable bonds is 2. The second-order valence-electron chi connectivity index (χ2n) is 1.61. The van der Waals surface area contributed by atoms with Crippen molar-refractivity contribution in [3.05, 3.63) is 12.4 Å². The summed E-state index contributed by atoms with van der Waals surface area (Å²) in [5.74, 6) is -0.0910. The van der Waals surface area contributed by atoms with Crippen molar-refractivity contribution in [1.82, 2.24) is 9.97 Å². The standard InChI is InChI=1S/C6H2N4O2/c11-3-9-5-6(10-4-12)8-2-1-7-5/h1-2H. The SMILES string of the molecule is O=C=Nc1nccnc1N=C=O. The summed E-state index contributed by atoms with van der Waals surface area (Å²) in [5, 5.41) is 0. The molecular formula is C6H2N4O2. The Morgan fingerprint density at radius 3 is 1.75 bits per heavy atom. The van der Waals surface area contributed by atoms with Gasteiger partial charge < -0.3 is 0 Å². The third-order valence-corrected chi connectivity index (χ3v) is 0.963. The number of hydrogen-bond acceptors (Lipinski definition) is 6. The highest BCUT2D eigenvalue weighted by atomic mass is 16.1. The van der Waals surface area contributed by atoms with Crippen LogP contribution in [0.1, 0.15) is 0 Å². The third kappa shape index (κ3) is 1.67. The van der Waals surface area contributed by atoms with Gasteiger partial charge in [0.25, 0.3) is 0 Å². The zero-order chi connectivity index (χ0) is 8.81. The molecule has 0 aliphatic carbocycles. The Labute approximate surface area is 66.7 Å². The van der Waals surface area contributed by atoms with Gasteiger partial charge >= 0.3 is 0 Å². The van der Waals surface area contributed by atoms with Crippen LogP contribution in [0.4, 0.5) is 11.6 Å². The van der Waals surface area contributed by atoms with E-state index in [-0.39, 0.29) is 11.6 Å². The molecule has 0 saturated carbocycles. The minimum Gasteiger partial charge on any atom is -0.231 e. The fourth-order valence-corrected chi connectivity index (χ4v) is 0.568. The highest BCUT2D eigenvalue weighted by molar-refractivity contribution is 5.59. The molecule has 1 aromatic rings. The van der Waals surface area contributed by atoms with Crippen molar-refractivity contribution in [2.75, 3.05) is 0 Å². The molecule has 0 bridgehead atoms. The molecule has 6 heteroatoms. The van der Waals surface area contributed by atoms with E-state index in [1.165, 1.54) is 24.6 Å². The molecule has 0 aromatic carbocycles. The highest BCUT2D eigenvalue weighted by Crippen LogP contribution is 2.19. The van der Waals surface area contributed by atoms with Crippen LogP contribution in [0, 0.1) is 0 Å². The van der Waals surface area contributed by atoms with Gasteiger partial charge in [0.2, 0.25) is 23.8 Å². The summed E-state index contributed by atoms with van der Waals surface area (Å²) in [5.41, 5.74) is 0. The number of carbonyl (C=O) groups excluding carboxylic acids is 2. The Morgan fingerprint density at radius 2 is 1.42 bits per heavy atom. The zero-order valence-corrected chi connectivity index (χ0v) is 5.76. The average molecular weight is 162 g/mol. The maximum atomic E-state index is 9.83. The van der Waals surface area contributed by atoms with Gasteiger partial charge in [-0.25, -0.2) is 19.6 Å². The molecule has 0 saturated heterocycles. The van der Waals surface area contributed by atoms with Gasteiger partial charge in [-0.3, -0.25) is 0 Å². The summed E-state index contributed by atoms with van der Waals surface area (Å²) in [6.07, 6.45) is 5.17. The predicted molar refractivity (Wildman–Crippen MR) is 37.6 cm³/mol. The van der Waals surface area contributed by atoms with E-state index in [2.05, 4.69) is 20.0 Å². The molecule has 1 heterocycles. The lowest BCUT2D eigenvalue weighted by Gasteiger charge is -1.90. The molecule has 0 spiro atoms. The van der Waals surface area contributed by atoms with Crippen LogP contribution in [0.15, 0.2) is 22.4 Å². The number of aromatic nitrogens is 2. The fraction of sp³-hybridized carbons (Fsp3) is 0. The van der Waals surface area contributed by atoms with Crippen molar-refractivity contribution >= 4 is 23.8 Å². The molecule has 0 aliphatic heterocycles. The lowest BCUT2D eigenvalue weighted by atomic mass is 10.6. The van der Waals surface area contributed by atoms with E-state index in [1.54, 1.807) is 0 Å². The molecule has 6 nitrogen and oxygen atoms in total. The molecule has 0 amide bonds. The van der Waals surface area contributed by atoms with Crippen molar-refractivity contribution in [2.45, 2.75) is 0 Å². The van der Waals surface area contributed by atoms with E-state index >= 15 is 0 Å². The highest BCUT2D eigenvalue weighted by Gasteiger charge is 2.00. The maximum Gasteiger partial charge on any atom is 0.242 e. The predicted octanol–water partition coefficient (Wildman–Crippen LogP) is 0.411. The summed E-state index contributed by atoms with van der Waals surface area (Å²) in [7, 11) is 0. The van der Waals surface area contributed by atoms with Crippen LogP contribution in [0.3, 0.4) is 0 Å². The summed E-state index contributed by atoms with van der Waals surface area (Å²) in [6, 6.07) is 0. The Kier molecular flexibility index (Phi) is 2.57. The quantitative estimate of drug-likeness (QED) is 0.465. The van der Waals surface area contributed by atoms with E-state index in [0.717, 1.165) is 0 Å². The maximum absolute atomic E-state index is 9.83. The van der Waals surface area contributed by atoms with Crippen LogP contribution in [0.25, 0.3) is 0 Å². The second-order valence-corrected chi connectivity index (χ2v) is 1.61. The van der Waals surface area contributed by atoms with Crippen molar-refractivity contribution in [3.63, 3.8) is 0 Å². The molecule has 0 aliphatic rings. The first-order valence-corrected chi connectivity index (χ1v) is 2.85. The van der Waals surface area contributed by atoms with Crippen LogP contribution in [-0.4, -0.2) is 22.1 Å². The Bertz CT molecular complexity index is 340. The van der Waals surface area contributed by atoms with Crippen molar-refractivity contribution in [2.24, 2.45) is 9.98 Å². The van der Waals surface area contributed by atoms with E-state index < -0.39 is 0 Å². The monoisotopic (exact) mass is 162 g/mol. The lowest BCUT2D eigenvalue weighted by molar-refractivity contribution is 0.564. The Hall–Kier alpha value is -2.16. The van der Waals surface area contributed by atoms with Gasteiger partial charge in [-0.2, -0.15) is 0 Å². The van der Waals surface area contributed by atoms with Crippen molar-refractivity contribution in [1.29, 1.82) is 0 Å². The Balaban J connectivity index is 3.25. The normalized spacial score (nSPS) is 8.00. The van der Waals surface area contributed by atoms with Gasteiger partial charge in [0.1, 0.15) is 0 Å². The molecule has 0 radical (unpaired) electrons. The molecule has 0 atom stereocenters. The van der Waals surface area contributed by atoms with Crippen molar-refractivity contribution in [3.8, 4) is 0 Å². The smallest absolute Gasteiger partial charge is 0.231 e. The van der Waals surface area contributed by atoms with Gasteiger partial charge in [-0.05, 0) is 0 Å². The first-order chi connectivity index (χ1) is 5.88. The number of aliphatic imine (C=N–C) groups is 2. The summed E-state index contributed by atoms with van der Waals surface area (Å²) < 4.78 is 0. The molecule has 1 rings (SSSR count). The van der Waals surface area contributed by atoms with Gasteiger partial charge in [0, 0.05) is 12.4 Å². The minimum atomic E-state index is -0.0455. The van der Waals surface area contributed by atoms with Gasteiger partial charge in [-0.15, -0.1) is 9.98 Å². The Morgan fingerprint density at radius 1 is 1.00 bits per heavy atom. The van der Waals surface area contributed by atoms with E-state index in [4.69, 9.17) is 0 Å². The molecule has 0 N–H and O–H groups in total. The molecule has 1 aromatic heterocycles. The van der Waals surface area contributed by atoms with Gasteiger partial charge in [0.05, 0.1) is 0 Å². The molecule has 0 fully saturated rings. The lowest BCUT2D eigenvalue weighted by Crippen LogP contribution is -1.78. The summed E-state index contributed by atoms with van der Waals surface area (Å²) in [4.78, 5) is 33.3. The second kappa shape index (κ2) is 3.88. The molecule has 0 unspecified atom stereocenters. The first kappa shape index (κ1) is 7.94. The van der Waals surface area contributed by atoms with E-state index in [9.17, 15) is 9.59 Å². The number of hydrogen-bond donors (Lipinski definition) is 0. The largest absolute Gasteiger partial charge is 0.242 e. The number of nitrogens with zero attached hydrogens (tertiary/aromatic N) is 4. The topological polar surface area (TPSA) is 84.6 Å². The van der Waals surface area contributed by atoms with Crippen molar-refractivity contribution < 1.29 is 9.59 Å². The van der Waals surface area contributed by atoms with Crippen LogP contribution in [0.2, 0.25) is 0 Å². The summed E-state index contributed by atoms with van der Waals surface area (Å²) in [6.45, 7) is 0. The van der Waals surface area contributed by atoms with E-state index in [1.807, 2.05) is 0 Å². The minimum absolute atomic E-state index is 0.0455. The zero-order valence-electron chi connectivity index (χ0n) is 5.76.